The molecule has 5 rings (SSSR count). The van der Waals surface area contributed by atoms with Crippen molar-refractivity contribution in [2.24, 2.45) is 0 Å². The normalized spacial score (nSPS) is 34.4. The van der Waals surface area contributed by atoms with E-state index in [0.29, 0.717) is 35.8 Å². The first kappa shape index (κ1) is 15.0. The summed E-state index contributed by atoms with van der Waals surface area (Å²) >= 11 is 0. The molecule has 4 unspecified atom stereocenters. The maximum Gasteiger partial charge on any atom is 0.231 e. The van der Waals surface area contributed by atoms with Crippen LogP contribution in [0.4, 0.5) is 0 Å². The summed E-state index contributed by atoms with van der Waals surface area (Å²) in [5.74, 6) is 2.36. The zero-order chi connectivity index (χ0) is 17.2. The van der Waals surface area contributed by atoms with E-state index in [0.717, 1.165) is 5.56 Å². The van der Waals surface area contributed by atoms with Gasteiger partial charge in [0.1, 0.15) is 17.6 Å². The molecule has 0 aromatic heterocycles. The second-order valence-electron chi connectivity index (χ2n) is 6.60. The van der Waals surface area contributed by atoms with E-state index >= 15 is 0 Å². The first-order valence-electron chi connectivity index (χ1n) is 8.26. The van der Waals surface area contributed by atoms with Crippen molar-refractivity contribution in [3.63, 3.8) is 0 Å². The summed E-state index contributed by atoms with van der Waals surface area (Å²) in [6.45, 7) is 0.202. The van der Waals surface area contributed by atoms with E-state index in [1.54, 1.807) is 14.2 Å². The summed E-state index contributed by atoms with van der Waals surface area (Å²) in [5.41, 5.74) is 0.132. The maximum atomic E-state index is 11.9. The third kappa shape index (κ3) is 1.90. The van der Waals surface area contributed by atoms with Gasteiger partial charge in [-0.2, -0.15) is 0 Å². The van der Waals surface area contributed by atoms with Crippen LogP contribution >= 0.6 is 0 Å². The quantitative estimate of drug-likeness (QED) is 0.810. The molecule has 1 aromatic carbocycles. The van der Waals surface area contributed by atoms with E-state index in [9.17, 15) is 4.79 Å². The smallest absolute Gasteiger partial charge is 0.231 e. The zero-order valence-electron chi connectivity index (χ0n) is 13.9. The Bertz CT molecular complexity index is 786. The molecule has 132 valence electrons. The fraction of sp³-hybridized carbons (Fsp3) is 0.500. The van der Waals surface area contributed by atoms with E-state index in [2.05, 4.69) is 0 Å². The Morgan fingerprint density at radius 2 is 1.92 bits per heavy atom. The molecular formula is C18H18O7. The molecule has 7 nitrogen and oxygen atoms in total. The maximum absolute atomic E-state index is 11.9. The molecule has 4 aliphatic rings. The number of rotatable bonds is 2. The molecule has 4 atom stereocenters. The number of fused-ring (bicyclic) bond motifs is 6. The third-order valence-electron chi connectivity index (χ3n) is 5.49. The lowest BCUT2D eigenvalue weighted by molar-refractivity contribution is -0.219. The topological polar surface area (TPSA) is 72.5 Å². The Morgan fingerprint density at radius 1 is 1.12 bits per heavy atom. The Morgan fingerprint density at radius 3 is 2.68 bits per heavy atom. The lowest BCUT2D eigenvalue weighted by Gasteiger charge is -2.48. The summed E-state index contributed by atoms with van der Waals surface area (Å²) in [6.07, 6.45) is 1.48. The molecule has 0 radical (unpaired) electrons. The Labute approximate surface area is 144 Å². The number of allylic oxidation sites excluding steroid dienone is 1. The van der Waals surface area contributed by atoms with E-state index in [4.69, 9.17) is 28.4 Å². The zero-order valence-corrected chi connectivity index (χ0v) is 13.9. The largest absolute Gasteiger partial charge is 0.486 e. The van der Waals surface area contributed by atoms with Gasteiger partial charge in [-0.05, 0) is 12.5 Å². The van der Waals surface area contributed by atoms with Gasteiger partial charge < -0.3 is 28.4 Å². The predicted octanol–water partition coefficient (Wildman–Crippen LogP) is 1.89. The molecule has 1 aliphatic carbocycles. The van der Waals surface area contributed by atoms with Gasteiger partial charge in [-0.3, -0.25) is 4.79 Å². The fourth-order valence-corrected chi connectivity index (χ4v) is 4.25. The SMILES string of the molecule is COC1OC2=CC(=O)CCC2(OC)C2Oc3cc4c(cc3C12)OCO4. The van der Waals surface area contributed by atoms with Crippen LogP contribution in [0.5, 0.6) is 17.2 Å². The molecule has 25 heavy (non-hydrogen) atoms. The van der Waals surface area contributed by atoms with Crippen molar-refractivity contribution >= 4 is 5.78 Å². The first-order chi connectivity index (χ1) is 12.2. The molecule has 1 aromatic rings. The molecule has 0 bridgehead atoms. The van der Waals surface area contributed by atoms with Crippen LogP contribution in [0.2, 0.25) is 0 Å². The summed E-state index contributed by atoms with van der Waals surface area (Å²) in [5, 5.41) is 0. The van der Waals surface area contributed by atoms with Gasteiger partial charge in [0.15, 0.2) is 22.9 Å². The number of hydrogen-bond acceptors (Lipinski definition) is 7. The summed E-state index contributed by atoms with van der Waals surface area (Å²) in [6, 6.07) is 3.76. The molecule has 1 saturated heterocycles. The number of ether oxygens (including phenoxy) is 6. The number of ketones is 1. The number of carbonyl (C=O) groups excluding carboxylic acids is 1. The lowest BCUT2D eigenvalue weighted by Crippen LogP contribution is -2.59. The van der Waals surface area contributed by atoms with Gasteiger partial charge in [-0.25, -0.2) is 0 Å². The summed E-state index contributed by atoms with van der Waals surface area (Å²) < 4.78 is 34.7. The summed E-state index contributed by atoms with van der Waals surface area (Å²) in [4.78, 5) is 11.9. The minimum absolute atomic E-state index is 0.0206. The lowest BCUT2D eigenvalue weighted by atomic mass is 9.75. The van der Waals surface area contributed by atoms with Crippen LogP contribution < -0.4 is 14.2 Å². The van der Waals surface area contributed by atoms with E-state index < -0.39 is 11.9 Å². The van der Waals surface area contributed by atoms with E-state index in [-0.39, 0.29) is 24.6 Å². The molecular weight excluding hydrogens is 328 g/mol. The van der Waals surface area contributed by atoms with Crippen molar-refractivity contribution in [3.05, 3.63) is 29.5 Å². The predicted molar refractivity (Wildman–Crippen MR) is 83.7 cm³/mol. The minimum atomic E-state index is -0.807. The molecule has 0 amide bonds. The van der Waals surface area contributed by atoms with Crippen LogP contribution in [0.3, 0.4) is 0 Å². The summed E-state index contributed by atoms with van der Waals surface area (Å²) in [7, 11) is 3.20. The van der Waals surface area contributed by atoms with Crippen molar-refractivity contribution < 1.29 is 33.2 Å². The standard InChI is InChI=1S/C18H18O7/c1-20-17-15-10-6-12-13(23-8-22-12)7-11(10)24-16(15)18(21-2)4-3-9(19)5-14(18)25-17/h5-7,15-17H,3-4,8H2,1-2H3. The number of benzene rings is 1. The number of carbonyl (C=O) groups is 1. The Hall–Kier alpha value is -2.25. The second kappa shape index (κ2) is 5.12. The molecule has 1 fully saturated rings. The highest BCUT2D eigenvalue weighted by Crippen LogP contribution is 2.56. The number of methoxy groups -OCH3 is 2. The van der Waals surface area contributed by atoms with Crippen molar-refractivity contribution in [2.75, 3.05) is 21.0 Å². The average molecular weight is 346 g/mol. The highest BCUT2D eigenvalue weighted by molar-refractivity contribution is 5.91. The van der Waals surface area contributed by atoms with Crippen molar-refractivity contribution in [2.45, 2.75) is 36.8 Å². The highest BCUT2D eigenvalue weighted by Gasteiger charge is 2.61. The minimum Gasteiger partial charge on any atom is -0.486 e. The second-order valence-corrected chi connectivity index (χ2v) is 6.60. The first-order valence-corrected chi connectivity index (χ1v) is 8.26. The molecule has 3 aliphatic heterocycles. The van der Waals surface area contributed by atoms with Crippen LogP contribution in [0.15, 0.2) is 24.0 Å². The monoisotopic (exact) mass is 346 g/mol. The van der Waals surface area contributed by atoms with Gasteiger partial charge in [0.25, 0.3) is 0 Å². The van der Waals surface area contributed by atoms with E-state index in [1.807, 2.05) is 12.1 Å². The average Bonchev–Trinajstić information content (AvgIpc) is 3.22. The van der Waals surface area contributed by atoms with Crippen LogP contribution in [0.25, 0.3) is 0 Å². The number of hydrogen-bond donors (Lipinski definition) is 0. The van der Waals surface area contributed by atoms with Gasteiger partial charge in [0, 0.05) is 38.3 Å². The molecule has 0 spiro atoms. The van der Waals surface area contributed by atoms with Gasteiger partial charge >= 0.3 is 0 Å². The van der Waals surface area contributed by atoms with Crippen molar-refractivity contribution in [1.29, 1.82) is 0 Å². The van der Waals surface area contributed by atoms with Crippen LogP contribution in [-0.2, 0) is 19.0 Å². The van der Waals surface area contributed by atoms with Crippen molar-refractivity contribution in [1.82, 2.24) is 0 Å². The van der Waals surface area contributed by atoms with Gasteiger partial charge in [0.05, 0.1) is 5.92 Å². The van der Waals surface area contributed by atoms with E-state index in [1.165, 1.54) is 6.08 Å². The Balaban J connectivity index is 1.64. The molecule has 7 heteroatoms. The van der Waals surface area contributed by atoms with Gasteiger partial charge in [0.2, 0.25) is 13.1 Å². The van der Waals surface area contributed by atoms with Crippen molar-refractivity contribution in [3.8, 4) is 17.2 Å². The fourth-order valence-electron chi connectivity index (χ4n) is 4.25. The van der Waals surface area contributed by atoms with Crippen LogP contribution in [0.1, 0.15) is 24.3 Å². The van der Waals surface area contributed by atoms with Crippen LogP contribution in [0, 0.1) is 0 Å². The van der Waals surface area contributed by atoms with Crippen LogP contribution in [-0.4, -0.2) is 44.8 Å². The highest BCUT2D eigenvalue weighted by atomic mass is 16.7. The van der Waals surface area contributed by atoms with Gasteiger partial charge in [-0.1, -0.05) is 0 Å². The Kier molecular flexibility index (Phi) is 3.08. The third-order valence-corrected chi connectivity index (χ3v) is 5.49. The molecule has 0 N–H and O–H groups in total. The van der Waals surface area contributed by atoms with Gasteiger partial charge in [-0.15, -0.1) is 0 Å². The molecule has 0 saturated carbocycles. The molecule has 3 heterocycles.